The fraction of sp³-hybridized carbons (Fsp3) is 0.353. The van der Waals surface area contributed by atoms with E-state index in [-0.39, 0.29) is 16.9 Å². The molecular formula is C17H19NO4S. The zero-order valence-corrected chi connectivity index (χ0v) is 13.5. The van der Waals surface area contributed by atoms with Gasteiger partial charge < -0.3 is 9.73 Å². The molecule has 0 unspecified atom stereocenters. The van der Waals surface area contributed by atoms with E-state index in [1.165, 1.54) is 6.26 Å². The Kier molecular flexibility index (Phi) is 4.52. The number of carbonyl (C=O) groups is 1. The maximum Gasteiger partial charge on any atom is 0.287 e. The van der Waals surface area contributed by atoms with Crippen LogP contribution < -0.4 is 5.32 Å². The lowest BCUT2D eigenvalue weighted by Gasteiger charge is -2.11. The van der Waals surface area contributed by atoms with Gasteiger partial charge in [0.15, 0.2) is 15.6 Å². The molecule has 0 bridgehead atoms. The fourth-order valence-corrected chi connectivity index (χ4v) is 4.72. The predicted octanol–water partition coefficient (Wildman–Crippen LogP) is 2.93. The molecule has 1 aromatic heterocycles. The van der Waals surface area contributed by atoms with E-state index in [1.54, 1.807) is 36.4 Å². The minimum Gasteiger partial charge on any atom is -0.459 e. The quantitative estimate of drug-likeness (QED) is 0.913. The topological polar surface area (TPSA) is 76.4 Å². The van der Waals surface area contributed by atoms with Crippen molar-refractivity contribution in [2.75, 3.05) is 0 Å². The van der Waals surface area contributed by atoms with Gasteiger partial charge in [0, 0.05) is 6.54 Å². The predicted molar refractivity (Wildman–Crippen MR) is 85.8 cm³/mol. The van der Waals surface area contributed by atoms with E-state index in [0.29, 0.717) is 11.4 Å². The molecule has 5 nitrogen and oxygen atoms in total. The number of nitrogens with one attached hydrogen (secondary N) is 1. The number of amides is 1. The largest absolute Gasteiger partial charge is 0.459 e. The molecule has 122 valence electrons. The third-order valence-corrected chi connectivity index (χ3v) is 6.47. The van der Waals surface area contributed by atoms with Gasteiger partial charge in [0.25, 0.3) is 5.91 Å². The average molecular weight is 333 g/mol. The summed E-state index contributed by atoms with van der Waals surface area (Å²) >= 11 is 0. The SMILES string of the molecule is O=C(NCc1ccc(S(=O)(=O)C2CCCC2)cc1)c1ccco1. The monoisotopic (exact) mass is 333 g/mol. The van der Waals surface area contributed by atoms with Gasteiger partial charge in [-0.15, -0.1) is 0 Å². The van der Waals surface area contributed by atoms with E-state index in [1.807, 2.05) is 0 Å². The number of hydrogen-bond donors (Lipinski definition) is 1. The first kappa shape index (κ1) is 15.8. The summed E-state index contributed by atoms with van der Waals surface area (Å²) in [4.78, 5) is 12.1. The molecule has 0 aliphatic heterocycles. The molecule has 0 radical (unpaired) electrons. The molecule has 0 spiro atoms. The van der Waals surface area contributed by atoms with Gasteiger partial charge in [-0.1, -0.05) is 25.0 Å². The van der Waals surface area contributed by atoms with Crippen molar-refractivity contribution < 1.29 is 17.6 Å². The molecule has 23 heavy (non-hydrogen) atoms. The zero-order valence-electron chi connectivity index (χ0n) is 12.7. The molecule has 1 saturated carbocycles. The van der Waals surface area contributed by atoms with E-state index < -0.39 is 9.84 Å². The Balaban J connectivity index is 1.64. The Morgan fingerprint density at radius 2 is 1.83 bits per heavy atom. The van der Waals surface area contributed by atoms with Crippen LogP contribution in [-0.4, -0.2) is 19.6 Å². The Hall–Kier alpha value is -2.08. The Morgan fingerprint density at radius 1 is 1.13 bits per heavy atom. The van der Waals surface area contributed by atoms with Gasteiger partial charge in [0.05, 0.1) is 16.4 Å². The smallest absolute Gasteiger partial charge is 0.287 e. The highest BCUT2D eigenvalue weighted by molar-refractivity contribution is 7.92. The van der Waals surface area contributed by atoms with Gasteiger partial charge >= 0.3 is 0 Å². The van der Waals surface area contributed by atoms with Crippen LogP contribution in [0.1, 0.15) is 41.8 Å². The normalized spacial score (nSPS) is 15.7. The average Bonchev–Trinajstić information content (AvgIpc) is 3.25. The maximum atomic E-state index is 12.5. The number of carbonyl (C=O) groups excluding carboxylic acids is 1. The van der Waals surface area contributed by atoms with Crippen LogP contribution in [0.2, 0.25) is 0 Å². The minimum atomic E-state index is -3.22. The van der Waals surface area contributed by atoms with Crippen molar-refractivity contribution >= 4 is 15.7 Å². The summed E-state index contributed by atoms with van der Waals surface area (Å²) < 4.78 is 30.0. The van der Waals surface area contributed by atoms with Crippen LogP contribution in [0, 0.1) is 0 Å². The van der Waals surface area contributed by atoms with E-state index >= 15 is 0 Å². The van der Waals surface area contributed by atoms with Crippen molar-refractivity contribution in [2.24, 2.45) is 0 Å². The van der Waals surface area contributed by atoms with Gasteiger partial charge in [0.1, 0.15) is 0 Å². The van der Waals surface area contributed by atoms with Crippen molar-refractivity contribution in [2.45, 2.75) is 42.4 Å². The van der Waals surface area contributed by atoms with Gasteiger partial charge in [-0.2, -0.15) is 0 Å². The molecule has 1 heterocycles. The Morgan fingerprint density at radius 3 is 2.43 bits per heavy atom. The molecule has 6 heteroatoms. The first-order valence-electron chi connectivity index (χ1n) is 7.72. The van der Waals surface area contributed by atoms with E-state index in [2.05, 4.69) is 5.32 Å². The minimum absolute atomic E-state index is 0.244. The molecule has 0 saturated heterocycles. The lowest BCUT2D eigenvalue weighted by molar-refractivity contribution is 0.0923. The number of rotatable bonds is 5. The maximum absolute atomic E-state index is 12.5. The van der Waals surface area contributed by atoms with Crippen LogP contribution in [-0.2, 0) is 16.4 Å². The molecule has 3 rings (SSSR count). The summed E-state index contributed by atoms with van der Waals surface area (Å²) in [7, 11) is -3.22. The molecule has 1 aromatic carbocycles. The van der Waals surface area contributed by atoms with Crippen molar-refractivity contribution in [3.05, 3.63) is 54.0 Å². The Labute approximate surface area is 135 Å². The number of furan rings is 1. The van der Waals surface area contributed by atoms with Gasteiger partial charge in [-0.3, -0.25) is 4.79 Å². The molecule has 1 aliphatic rings. The third-order valence-electron chi connectivity index (χ3n) is 4.19. The summed E-state index contributed by atoms with van der Waals surface area (Å²) in [5.74, 6) is -0.0388. The van der Waals surface area contributed by atoms with E-state index in [9.17, 15) is 13.2 Å². The molecule has 2 aromatic rings. The molecule has 1 N–H and O–H groups in total. The van der Waals surface area contributed by atoms with Crippen molar-refractivity contribution in [3.63, 3.8) is 0 Å². The Bertz CT molecular complexity index is 757. The second-order valence-corrected chi connectivity index (χ2v) is 7.98. The second-order valence-electron chi connectivity index (χ2n) is 5.76. The fourth-order valence-electron chi connectivity index (χ4n) is 2.87. The standard InChI is InChI=1S/C17H19NO4S/c19-17(16-6-3-11-22-16)18-12-13-7-9-15(10-8-13)23(20,21)14-4-1-2-5-14/h3,6-11,14H,1-2,4-5,12H2,(H,18,19). The van der Waals surface area contributed by atoms with Crippen LogP contribution in [0.3, 0.4) is 0 Å². The van der Waals surface area contributed by atoms with Gasteiger partial charge in [-0.05, 0) is 42.7 Å². The lowest BCUT2D eigenvalue weighted by Crippen LogP contribution is -2.22. The van der Waals surface area contributed by atoms with Crippen molar-refractivity contribution in [3.8, 4) is 0 Å². The van der Waals surface area contributed by atoms with Crippen LogP contribution in [0.4, 0.5) is 0 Å². The molecule has 1 aliphatic carbocycles. The zero-order chi connectivity index (χ0) is 16.3. The second kappa shape index (κ2) is 6.58. The number of hydrogen-bond acceptors (Lipinski definition) is 4. The van der Waals surface area contributed by atoms with Crippen LogP contribution >= 0.6 is 0 Å². The van der Waals surface area contributed by atoms with Gasteiger partial charge in [-0.25, -0.2) is 8.42 Å². The first-order chi connectivity index (χ1) is 11.1. The van der Waals surface area contributed by atoms with Crippen molar-refractivity contribution in [1.29, 1.82) is 0 Å². The summed E-state index contributed by atoms with van der Waals surface area (Å²) in [6.45, 7) is 0.323. The summed E-state index contributed by atoms with van der Waals surface area (Å²) in [5.41, 5.74) is 0.843. The third kappa shape index (κ3) is 3.47. The number of benzene rings is 1. The summed E-state index contributed by atoms with van der Waals surface area (Å²) in [6.07, 6.45) is 4.92. The highest BCUT2D eigenvalue weighted by Crippen LogP contribution is 2.29. The highest BCUT2D eigenvalue weighted by Gasteiger charge is 2.30. The molecule has 0 atom stereocenters. The highest BCUT2D eigenvalue weighted by atomic mass is 32.2. The van der Waals surface area contributed by atoms with Crippen molar-refractivity contribution in [1.82, 2.24) is 5.32 Å². The van der Waals surface area contributed by atoms with Gasteiger partial charge in [0.2, 0.25) is 0 Å². The lowest BCUT2D eigenvalue weighted by atomic mass is 10.2. The molecule has 1 fully saturated rings. The summed E-state index contributed by atoms with van der Waals surface area (Å²) in [5, 5.41) is 2.49. The van der Waals surface area contributed by atoms with Crippen LogP contribution in [0.15, 0.2) is 52.0 Å². The molecular weight excluding hydrogens is 314 g/mol. The first-order valence-corrected chi connectivity index (χ1v) is 9.26. The summed E-state index contributed by atoms with van der Waals surface area (Å²) in [6, 6.07) is 9.97. The van der Waals surface area contributed by atoms with E-state index in [4.69, 9.17) is 4.42 Å². The van der Waals surface area contributed by atoms with E-state index in [0.717, 1.165) is 31.2 Å². The van der Waals surface area contributed by atoms with Crippen LogP contribution in [0.25, 0.3) is 0 Å². The molecule has 1 amide bonds. The van der Waals surface area contributed by atoms with Crippen LogP contribution in [0.5, 0.6) is 0 Å². The number of sulfone groups is 1.